The molecular weight excluding hydrogens is 266 g/mol. The molecule has 20 heavy (non-hydrogen) atoms. The molecule has 8 heteroatoms. The number of Topliss-reactive ketones (excluding diaryl/α,β-unsaturated/α-hetero) is 1. The van der Waals surface area contributed by atoms with E-state index in [4.69, 9.17) is 15.4 Å². The van der Waals surface area contributed by atoms with Gasteiger partial charge in [-0.15, -0.1) is 0 Å². The van der Waals surface area contributed by atoms with Gasteiger partial charge in [0.05, 0.1) is 12.0 Å². The summed E-state index contributed by atoms with van der Waals surface area (Å²) in [5.41, 5.74) is 8.17. The number of amides is 1. The molecule has 112 valence electrons. The van der Waals surface area contributed by atoms with E-state index in [1.165, 1.54) is 7.11 Å². The minimum Gasteiger partial charge on any atom is -0.480 e. The van der Waals surface area contributed by atoms with Gasteiger partial charge in [-0.05, 0) is 13.3 Å². The van der Waals surface area contributed by atoms with Crippen molar-refractivity contribution in [2.24, 2.45) is 5.92 Å². The second-order valence-corrected chi connectivity index (χ2v) is 4.38. The van der Waals surface area contributed by atoms with Crippen LogP contribution in [0.3, 0.4) is 0 Å². The Morgan fingerprint density at radius 3 is 2.45 bits per heavy atom. The van der Waals surface area contributed by atoms with E-state index >= 15 is 0 Å². The number of nitrogens with one attached hydrogen (secondary N) is 1. The maximum absolute atomic E-state index is 11.8. The van der Waals surface area contributed by atoms with Crippen LogP contribution in [0.4, 0.5) is 0 Å². The summed E-state index contributed by atoms with van der Waals surface area (Å²) in [7, 11) is 1.45. The molecule has 0 aliphatic rings. The zero-order chi connectivity index (χ0) is 15.7. The number of methoxy groups -OCH3 is 1. The minimum atomic E-state index is -1.23. The van der Waals surface area contributed by atoms with Crippen LogP contribution < -0.4 is 5.32 Å². The molecule has 0 bridgehead atoms. The Hall–Kier alpha value is -2.05. The van der Waals surface area contributed by atoms with Crippen LogP contribution >= 0.6 is 0 Å². The van der Waals surface area contributed by atoms with Crippen LogP contribution in [0.25, 0.3) is 5.53 Å². The number of carbonyl (C=O) groups is 3. The van der Waals surface area contributed by atoms with E-state index in [0.29, 0.717) is 6.21 Å². The smallest absolute Gasteiger partial charge is 0.326 e. The Balaban J connectivity index is 4.55. The van der Waals surface area contributed by atoms with E-state index in [9.17, 15) is 14.4 Å². The van der Waals surface area contributed by atoms with Gasteiger partial charge in [0.25, 0.3) is 0 Å². The normalized spacial score (nSPS) is 14.6. The molecule has 3 atom stereocenters. The van der Waals surface area contributed by atoms with Gasteiger partial charge < -0.3 is 20.7 Å². The van der Waals surface area contributed by atoms with Crippen LogP contribution in [0.15, 0.2) is 0 Å². The summed E-state index contributed by atoms with van der Waals surface area (Å²) in [5, 5.41) is 11.4. The van der Waals surface area contributed by atoms with Crippen molar-refractivity contribution >= 4 is 23.9 Å². The molecule has 0 aromatic carbocycles. The van der Waals surface area contributed by atoms with Crippen molar-refractivity contribution in [2.75, 3.05) is 7.11 Å². The summed E-state index contributed by atoms with van der Waals surface area (Å²) in [6, 6.07) is -1.18. The van der Waals surface area contributed by atoms with Gasteiger partial charge in [0, 0.05) is 13.5 Å². The van der Waals surface area contributed by atoms with E-state index in [1.54, 1.807) is 13.8 Å². The lowest BCUT2D eigenvalue weighted by atomic mass is 10.0. The van der Waals surface area contributed by atoms with Gasteiger partial charge in [0.1, 0.15) is 6.04 Å². The van der Waals surface area contributed by atoms with Crippen LogP contribution in [0.5, 0.6) is 0 Å². The molecule has 0 rings (SSSR count). The van der Waals surface area contributed by atoms with Crippen LogP contribution in [-0.4, -0.2) is 53.0 Å². The molecule has 1 amide bonds. The van der Waals surface area contributed by atoms with Crippen molar-refractivity contribution in [1.29, 1.82) is 0 Å². The second kappa shape index (κ2) is 8.95. The zero-order valence-corrected chi connectivity index (χ0v) is 11.7. The molecule has 2 N–H and O–H groups in total. The Morgan fingerprint density at radius 1 is 1.40 bits per heavy atom. The number of carbonyl (C=O) groups excluding carboxylic acids is 2. The summed E-state index contributed by atoms with van der Waals surface area (Å²) in [6.07, 6.45) is 0.110. The first-order valence-electron chi connectivity index (χ1n) is 6.09. The quantitative estimate of drug-likeness (QED) is 0.346. The SMILES string of the molecule is CO[C@@H](C)[C@@H](C)C(=O)NC(CCC(=O)C=[N+]=[N-])C(=O)O. The van der Waals surface area contributed by atoms with Gasteiger partial charge >= 0.3 is 12.2 Å². The van der Waals surface area contributed by atoms with E-state index in [0.717, 1.165) is 0 Å². The highest BCUT2D eigenvalue weighted by Crippen LogP contribution is 2.07. The lowest BCUT2D eigenvalue weighted by Gasteiger charge is -2.20. The average Bonchev–Trinajstić information content (AvgIpc) is 2.41. The summed E-state index contributed by atoms with van der Waals surface area (Å²) >= 11 is 0. The molecule has 0 fully saturated rings. The molecule has 0 heterocycles. The standard InChI is InChI=1S/C12H19N3O5/c1-7(8(2)20-3)11(17)15-10(12(18)19)5-4-9(16)6-14-13/h6-8,10H,4-5H2,1-3H3,(H,15,17)(H,18,19)/t7-,8+,10?/m1/s1. The van der Waals surface area contributed by atoms with Gasteiger partial charge in [-0.25, -0.2) is 4.79 Å². The number of hydrogen-bond acceptors (Lipinski definition) is 4. The predicted octanol–water partition coefficient (Wildman–Crippen LogP) is -0.123. The largest absolute Gasteiger partial charge is 0.480 e. The third-order valence-corrected chi connectivity index (χ3v) is 2.99. The number of nitrogens with zero attached hydrogens (tertiary/aromatic N) is 2. The molecule has 0 aliphatic heterocycles. The summed E-state index contributed by atoms with van der Waals surface area (Å²) in [6.45, 7) is 3.31. The van der Waals surface area contributed by atoms with Crippen LogP contribution in [-0.2, 0) is 19.1 Å². The number of carboxylic acid groups (broad SMARTS) is 1. The first kappa shape index (κ1) is 17.9. The number of ether oxygens (including phenoxy) is 1. The number of carboxylic acids is 1. The van der Waals surface area contributed by atoms with Crippen molar-refractivity contribution in [1.82, 2.24) is 5.32 Å². The number of ketones is 1. The van der Waals surface area contributed by atoms with Crippen LogP contribution in [0, 0.1) is 5.92 Å². The Labute approximate surface area is 116 Å². The van der Waals surface area contributed by atoms with Crippen molar-refractivity contribution in [3.05, 3.63) is 5.53 Å². The molecule has 0 aromatic rings. The van der Waals surface area contributed by atoms with E-state index in [1.807, 2.05) is 0 Å². The summed E-state index contributed by atoms with van der Waals surface area (Å²) in [4.78, 5) is 36.5. The van der Waals surface area contributed by atoms with Gasteiger partial charge in [-0.2, -0.15) is 4.79 Å². The molecule has 0 saturated carbocycles. The summed E-state index contributed by atoms with van der Waals surface area (Å²) in [5.74, 6) is -2.73. The highest BCUT2D eigenvalue weighted by Gasteiger charge is 2.26. The monoisotopic (exact) mass is 285 g/mol. The Bertz CT molecular complexity index is 417. The Kier molecular flexibility index (Phi) is 8.03. The zero-order valence-electron chi connectivity index (χ0n) is 11.7. The second-order valence-electron chi connectivity index (χ2n) is 4.38. The highest BCUT2D eigenvalue weighted by molar-refractivity contribution is 6.25. The van der Waals surface area contributed by atoms with Gasteiger partial charge in [0.15, 0.2) is 0 Å². The lowest BCUT2D eigenvalue weighted by Crippen LogP contribution is -2.45. The molecule has 0 radical (unpaired) electrons. The van der Waals surface area contributed by atoms with E-state index in [2.05, 4.69) is 10.1 Å². The van der Waals surface area contributed by atoms with E-state index in [-0.39, 0.29) is 18.9 Å². The van der Waals surface area contributed by atoms with Crippen molar-refractivity contribution in [2.45, 2.75) is 38.8 Å². The van der Waals surface area contributed by atoms with Crippen LogP contribution in [0.1, 0.15) is 26.7 Å². The number of rotatable bonds is 9. The van der Waals surface area contributed by atoms with Crippen LogP contribution in [0.2, 0.25) is 0 Å². The fraction of sp³-hybridized carbons (Fsp3) is 0.667. The predicted molar refractivity (Wildman–Crippen MR) is 69.1 cm³/mol. The average molecular weight is 285 g/mol. The molecule has 0 aromatic heterocycles. The van der Waals surface area contributed by atoms with Crippen molar-refractivity contribution in [3.8, 4) is 0 Å². The fourth-order valence-electron chi connectivity index (χ4n) is 1.39. The number of hydrogen-bond donors (Lipinski definition) is 2. The summed E-state index contributed by atoms with van der Waals surface area (Å²) < 4.78 is 5.00. The van der Waals surface area contributed by atoms with Gasteiger partial charge in [-0.1, -0.05) is 6.92 Å². The topological polar surface area (TPSA) is 129 Å². The van der Waals surface area contributed by atoms with Crippen molar-refractivity contribution < 1.29 is 29.0 Å². The van der Waals surface area contributed by atoms with Gasteiger partial charge in [0.2, 0.25) is 11.7 Å². The fourth-order valence-corrected chi connectivity index (χ4v) is 1.39. The molecule has 8 nitrogen and oxygen atoms in total. The molecule has 0 aliphatic carbocycles. The minimum absolute atomic E-state index is 0.0833. The molecule has 0 saturated heterocycles. The first-order chi connectivity index (χ1) is 9.33. The Morgan fingerprint density at radius 2 is 2.00 bits per heavy atom. The third kappa shape index (κ3) is 6.21. The van der Waals surface area contributed by atoms with E-state index < -0.39 is 29.6 Å². The number of aliphatic carboxylic acids is 1. The third-order valence-electron chi connectivity index (χ3n) is 2.99. The maximum Gasteiger partial charge on any atom is 0.326 e. The maximum atomic E-state index is 11.8. The lowest BCUT2D eigenvalue weighted by molar-refractivity contribution is -0.143. The molecule has 1 unspecified atom stereocenters. The first-order valence-corrected chi connectivity index (χ1v) is 6.09. The highest BCUT2D eigenvalue weighted by atomic mass is 16.5. The van der Waals surface area contributed by atoms with Crippen molar-refractivity contribution in [3.63, 3.8) is 0 Å². The molecular formula is C12H19N3O5. The molecule has 0 spiro atoms. The van der Waals surface area contributed by atoms with Gasteiger partial charge in [-0.3, -0.25) is 9.59 Å².